The van der Waals surface area contributed by atoms with Gasteiger partial charge < -0.3 is 20.9 Å². The molecular weight excluding hydrogens is 260 g/mol. The number of carboxylic acids is 1. The summed E-state index contributed by atoms with van der Waals surface area (Å²) in [7, 11) is 0. The van der Waals surface area contributed by atoms with Gasteiger partial charge in [0.25, 0.3) is 0 Å². The summed E-state index contributed by atoms with van der Waals surface area (Å²) >= 11 is 0. The highest BCUT2D eigenvalue weighted by molar-refractivity contribution is 5.75. The average molecular weight is 278 g/mol. The van der Waals surface area contributed by atoms with Crippen LogP contribution in [0.4, 0.5) is 0 Å². The molecule has 0 spiro atoms. The lowest BCUT2D eigenvalue weighted by Crippen LogP contribution is -2.22. The molecule has 4 N–H and O–H groups in total. The van der Waals surface area contributed by atoms with Crippen LogP contribution in [0.25, 0.3) is 0 Å². The van der Waals surface area contributed by atoms with Gasteiger partial charge in [-0.25, -0.2) is 0 Å². The molecular formula is C14H18N2O4. The molecule has 1 aliphatic heterocycles. The van der Waals surface area contributed by atoms with Crippen molar-refractivity contribution in [2.24, 2.45) is 11.7 Å². The molecule has 0 bridgehead atoms. The highest BCUT2D eigenvalue weighted by atomic mass is 16.5. The Hall–Kier alpha value is -1.92. The number of benzene rings is 1. The second kappa shape index (κ2) is 6.49. The van der Waals surface area contributed by atoms with Gasteiger partial charge in [-0.15, -0.1) is 0 Å². The van der Waals surface area contributed by atoms with E-state index < -0.39 is 12.0 Å². The number of nitrogens with one attached hydrogen (secondary N) is 1. The van der Waals surface area contributed by atoms with Gasteiger partial charge in [0.2, 0.25) is 0 Å². The standard InChI is InChI=1S/C14H18N2O4/c15-12(7-13(17)18)9-2-1-3-11(6-9)20-14(19)10-4-5-16-8-10/h1-3,6,10,12,16H,4-5,7-8,15H2,(H,17,18)/t10-,12?/m1/s1. The molecule has 0 aromatic heterocycles. The van der Waals surface area contributed by atoms with Crippen molar-refractivity contribution >= 4 is 11.9 Å². The van der Waals surface area contributed by atoms with Gasteiger partial charge in [0.1, 0.15) is 5.75 Å². The van der Waals surface area contributed by atoms with E-state index >= 15 is 0 Å². The number of esters is 1. The van der Waals surface area contributed by atoms with Crippen LogP contribution in [-0.4, -0.2) is 30.1 Å². The lowest BCUT2D eigenvalue weighted by Gasteiger charge is -2.12. The molecule has 20 heavy (non-hydrogen) atoms. The Morgan fingerprint density at radius 2 is 2.30 bits per heavy atom. The van der Waals surface area contributed by atoms with Crippen LogP contribution in [0.2, 0.25) is 0 Å². The number of hydrogen-bond acceptors (Lipinski definition) is 5. The number of ether oxygens (including phenoxy) is 1. The van der Waals surface area contributed by atoms with E-state index in [0.717, 1.165) is 13.0 Å². The van der Waals surface area contributed by atoms with Crippen molar-refractivity contribution in [3.63, 3.8) is 0 Å². The van der Waals surface area contributed by atoms with Crippen molar-refractivity contribution in [3.8, 4) is 5.75 Å². The minimum Gasteiger partial charge on any atom is -0.481 e. The second-order valence-corrected chi connectivity index (χ2v) is 4.89. The third-order valence-corrected chi connectivity index (χ3v) is 3.29. The number of rotatable bonds is 5. The number of nitrogens with two attached hydrogens (primary N) is 1. The van der Waals surface area contributed by atoms with Gasteiger partial charge in [0.15, 0.2) is 0 Å². The first-order valence-electron chi connectivity index (χ1n) is 6.56. The van der Waals surface area contributed by atoms with Gasteiger partial charge in [-0.05, 0) is 30.7 Å². The zero-order valence-corrected chi connectivity index (χ0v) is 11.0. The van der Waals surface area contributed by atoms with Gasteiger partial charge in [0.05, 0.1) is 12.3 Å². The summed E-state index contributed by atoms with van der Waals surface area (Å²) in [4.78, 5) is 22.5. The molecule has 1 fully saturated rings. The molecule has 1 heterocycles. The third kappa shape index (κ3) is 3.79. The summed E-state index contributed by atoms with van der Waals surface area (Å²) in [6.45, 7) is 1.46. The maximum Gasteiger partial charge on any atom is 0.315 e. The van der Waals surface area contributed by atoms with Gasteiger partial charge in [-0.2, -0.15) is 0 Å². The topological polar surface area (TPSA) is 102 Å². The minimum absolute atomic E-state index is 0.119. The van der Waals surface area contributed by atoms with Crippen LogP contribution >= 0.6 is 0 Å². The monoisotopic (exact) mass is 278 g/mol. The van der Waals surface area contributed by atoms with E-state index in [2.05, 4.69) is 5.32 Å². The van der Waals surface area contributed by atoms with Crippen LogP contribution in [0.15, 0.2) is 24.3 Å². The van der Waals surface area contributed by atoms with E-state index in [1.807, 2.05) is 0 Å². The molecule has 2 atom stereocenters. The molecule has 1 aromatic carbocycles. The van der Waals surface area contributed by atoms with Gasteiger partial charge in [0, 0.05) is 12.6 Å². The molecule has 0 saturated carbocycles. The highest BCUT2D eigenvalue weighted by Crippen LogP contribution is 2.21. The lowest BCUT2D eigenvalue weighted by atomic mass is 10.0. The summed E-state index contributed by atoms with van der Waals surface area (Å²) in [5.74, 6) is -0.942. The Kier molecular flexibility index (Phi) is 4.70. The molecule has 108 valence electrons. The Morgan fingerprint density at radius 1 is 1.50 bits per heavy atom. The Balaban J connectivity index is 2.01. The maximum atomic E-state index is 11.9. The van der Waals surface area contributed by atoms with Crippen molar-refractivity contribution in [2.45, 2.75) is 18.9 Å². The van der Waals surface area contributed by atoms with Crippen LogP contribution in [0.3, 0.4) is 0 Å². The molecule has 0 radical (unpaired) electrons. The number of carboxylic acid groups (broad SMARTS) is 1. The predicted molar refractivity (Wildman–Crippen MR) is 72.2 cm³/mol. The molecule has 1 aliphatic rings. The third-order valence-electron chi connectivity index (χ3n) is 3.29. The van der Waals surface area contributed by atoms with Crippen molar-refractivity contribution in [1.82, 2.24) is 5.32 Å². The fraction of sp³-hybridized carbons (Fsp3) is 0.429. The fourth-order valence-corrected chi connectivity index (χ4v) is 2.17. The molecule has 6 nitrogen and oxygen atoms in total. The molecule has 1 aromatic rings. The van der Waals surface area contributed by atoms with Crippen molar-refractivity contribution in [3.05, 3.63) is 29.8 Å². The summed E-state index contributed by atoms with van der Waals surface area (Å²) in [6.07, 6.45) is 0.612. The number of aliphatic carboxylic acids is 1. The van der Waals surface area contributed by atoms with E-state index in [-0.39, 0.29) is 18.3 Å². The fourth-order valence-electron chi connectivity index (χ4n) is 2.17. The quantitative estimate of drug-likeness (QED) is 0.540. The number of hydrogen-bond donors (Lipinski definition) is 3. The van der Waals surface area contributed by atoms with Gasteiger partial charge in [-0.1, -0.05) is 12.1 Å². The molecule has 0 amide bonds. The predicted octanol–water partition coefficient (Wildman–Crippen LogP) is 0.676. The Bertz CT molecular complexity index is 498. The first kappa shape index (κ1) is 14.5. The second-order valence-electron chi connectivity index (χ2n) is 4.89. The van der Waals surface area contributed by atoms with E-state index in [0.29, 0.717) is 17.9 Å². The molecule has 0 aliphatic carbocycles. The first-order chi connectivity index (χ1) is 9.56. The zero-order chi connectivity index (χ0) is 14.5. The van der Waals surface area contributed by atoms with Gasteiger partial charge >= 0.3 is 11.9 Å². The van der Waals surface area contributed by atoms with Crippen molar-refractivity contribution in [2.75, 3.05) is 13.1 Å². The Labute approximate surface area is 116 Å². The van der Waals surface area contributed by atoms with E-state index in [4.69, 9.17) is 15.6 Å². The maximum absolute atomic E-state index is 11.9. The van der Waals surface area contributed by atoms with E-state index in [9.17, 15) is 9.59 Å². The van der Waals surface area contributed by atoms with Gasteiger partial charge in [-0.3, -0.25) is 9.59 Å². The minimum atomic E-state index is -0.961. The average Bonchev–Trinajstić information content (AvgIpc) is 2.92. The SMILES string of the molecule is NC(CC(=O)O)c1cccc(OC(=O)[C@@H]2CCNC2)c1. The normalized spacial score (nSPS) is 19.6. The summed E-state index contributed by atoms with van der Waals surface area (Å²) in [6, 6.07) is 6.10. The summed E-state index contributed by atoms with van der Waals surface area (Å²) in [5, 5.41) is 11.8. The van der Waals surface area contributed by atoms with Crippen molar-refractivity contribution < 1.29 is 19.4 Å². The molecule has 2 rings (SSSR count). The van der Waals surface area contributed by atoms with Crippen molar-refractivity contribution in [1.29, 1.82) is 0 Å². The zero-order valence-electron chi connectivity index (χ0n) is 11.0. The first-order valence-corrected chi connectivity index (χ1v) is 6.56. The van der Waals surface area contributed by atoms with Crippen LogP contribution in [0.1, 0.15) is 24.4 Å². The van der Waals surface area contributed by atoms with E-state index in [1.165, 1.54) is 0 Å². The van der Waals surface area contributed by atoms with Crippen LogP contribution in [-0.2, 0) is 9.59 Å². The van der Waals surface area contributed by atoms with Crippen LogP contribution < -0.4 is 15.8 Å². The Morgan fingerprint density at radius 3 is 2.95 bits per heavy atom. The molecule has 1 saturated heterocycles. The summed E-state index contributed by atoms with van der Waals surface area (Å²) < 4.78 is 5.31. The largest absolute Gasteiger partial charge is 0.481 e. The molecule has 6 heteroatoms. The van der Waals surface area contributed by atoms with Crippen LogP contribution in [0, 0.1) is 5.92 Å². The lowest BCUT2D eigenvalue weighted by molar-refractivity contribution is -0.139. The smallest absolute Gasteiger partial charge is 0.315 e. The summed E-state index contributed by atoms with van der Waals surface area (Å²) in [5.41, 5.74) is 6.43. The molecule has 1 unspecified atom stereocenters. The van der Waals surface area contributed by atoms with E-state index in [1.54, 1.807) is 24.3 Å². The number of carbonyl (C=O) groups excluding carboxylic acids is 1. The number of carbonyl (C=O) groups is 2. The van der Waals surface area contributed by atoms with Crippen LogP contribution in [0.5, 0.6) is 5.75 Å². The highest BCUT2D eigenvalue weighted by Gasteiger charge is 2.24.